The van der Waals surface area contributed by atoms with Gasteiger partial charge in [-0.05, 0) is 0 Å². The lowest BCUT2D eigenvalue weighted by Gasteiger charge is -2.41. The molecule has 0 aromatic heterocycles. The summed E-state index contributed by atoms with van der Waals surface area (Å²) in [5.74, 6) is -0.309. The molecule has 1 saturated heterocycles. The predicted molar refractivity (Wildman–Crippen MR) is 56.0 cm³/mol. The molecule has 16 heavy (non-hydrogen) atoms. The minimum Gasteiger partial charge on any atom is -0.388 e. The Hall–Kier alpha value is -0.400. The summed E-state index contributed by atoms with van der Waals surface area (Å²) in [5, 5.41) is 21.9. The lowest BCUT2D eigenvalue weighted by Crippen LogP contribution is -2.64. The number of alkyl halides is 1. The Morgan fingerprint density at radius 1 is 1.50 bits per heavy atom. The van der Waals surface area contributed by atoms with Gasteiger partial charge in [-0.3, -0.25) is 4.79 Å². The zero-order valence-corrected chi connectivity index (χ0v) is 9.85. The number of carbonyl (C=O) groups excluding carboxylic acids is 1. The first-order valence-corrected chi connectivity index (χ1v) is 5.42. The quantitative estimate of drug-likeness (QED) is 0.552. The summed E-state index contributed by atoms with van der Waals surface area (Å²) in [4.78, 5) is 10.9. The van der Waals surface area contributed by atoms with Crippen LogP contribution in [0.4, 0.5) is 0 Å². The third-order valence-corrected chi connectivity index (χ3v) is 2.76. The van der Waals surface area contributed by atoms with E-state index in [-0.39, 0.29) is 11.8 Å². The second-order valence-corrected chi connectivity index (χ2v) is 3.95. The van der Waals surface area contributed by atoms with Gasteiger partial charge in [-0.15, -0.1) is 11.6 Å². The number of hydrogen-bond donors (Lipinski definition) is 3. The fourth-order valence-corrected chi connectivity index (χ4v) is 1.90. The maximum Gasteiger partial charge on any atom is 0.217 e. The van der Waals surface area contributed by atoms with Crippen molar-refractivity contribution in [1.29, 1.82) is 0 Å². The van der Waals surface area contributed by atoms with Gasteiger partial charge >= 0.3 is 0 Å². The van der Waals surface area contributed by atoms with E-state index < -0.39 is 30.6 Å². The lowest BCUT2D eigenvalue weighted by molar-refractivity contribution is -0.251. The number of rotatable bonds is 3. The van der Waals surface area contributed by atoms with Crippen molar-refractivity contribution < 1.29 is 24.5 Å². The number of hydrogen-bond acceptors (Lipinski definition) is 5. The number of carbonyl (C=O) groups is 1. The van der Waals surface area contributed by atoms with Gasteiger partial charge in [0.25, 0.3) is 0 Å². The first kappa shape index (κ1) is 13.7. The number of halogens is 1. The van der Waals surface area contributed by atoms with Crippen molar-refractivity contribution in [3.8, 4) is 0 Å². The minimum atomic E-state index is -1.17. The molecule has 1 aliphatic rings. The first-order valence-electron chi connectivity index (χ1n) is 4.88. The molecule has 0 spiro atoms. The van der Waals surface area contributed by atoms with Gasteiger partial charge in [0.1, 0.15) is 24.4 Å². The van der Waals surface area contributed by atoms with E-state index in [1.165, 1.54) is 14.0 Å². The second-order valence-electron chi connectivity index (χ2n) is 3.64. The van der Waals surface area contributed by atoms with E-state index in [1.807, 2.05) is 0 Å². The molecule has 1 rings (SSSR count). The molecule has 1 fully saturated rings. The summed E-state index contributed by atoms with van der Waals surface area (Å²) in [7, 11) is 1.38. The Morgan fingerprint density at radius 2 is 2.12 bits per heavy atom. The summed E-state index contributed by atoms with van der Waals surface area (Å²) in [6.45, 7) is 1.31. The smallest absolute Gasteiger partial charge is 0.217 e. The molecule has 0 aromatic carbocycles. The molecule has 0 saturated carbocycles. The van der Waals surface area contributed by atoms with Crippen molar-refractivity contribution in [3.63, 3.8) is 0 Å². The average molecular weight is 254 g/mol. The van der Waals surface area contributed by atoms with Crippen LogP contribution in [0.15, 0.2) is 0 Å². The van der Waals surface area contributed by atoms with Crippen molar-refractivity contribution in [2.45, 2.75) is 37.6 Å². The molecule has 0 aromatic rings. The highest BCUT2D eigenvalue weighted by Crippen LogP contribution is 2.22. The van der Waals surface area contributed by atoms with Crippen LogP contribution < -0.4 is 5.32 Å². The molecule has 1 amide bonds. The van der Waals surface area contributed by atoms with Crippen molar-refractivity contribution in [2.75, 3.05) is 13.0 Å². The van der Waals surface area contributed by atoms with Gasteiger partial charge in [0, 0.05) is 14.0 Å². The molecule has 0 aliphatic carbocycles. The van der Waals surface area contributed by atoms with Crippen LogP contribution >= 0.6 is 11.6 Å². The normalized spacial score (nSPS) is 39.4. The van der Waals surface area contributed by atoms with Crippen LogP contribution in [-0.4, -0.2) is 59.8 Å². The van der Waals surface area contributed by atoms with Crippen LogP contribution in [0.5, 0.6) is 0 Å². The second kappa shape index (κ2) is 5.79. The van der Waals surface area contributed by atoms with Gasteiger partial charge in [-0.2, -0.15) is 0 Å². The van der Waals surface area contributed by atoms with Crippen LogP contribution in [0, 0.1) is 0 Å². The molecule has 94 valence electrons. The maximum atomic E-state index is 10.9. The molecule has 6 nitrogen and oxygen atoms in total. The molecule has 7 heteroatoms. The predicted octanol–water partition coefficient (Wildman–Crippen LogP) is -1.18. The van der Waals surface area contributed by atoms with E-state index in [1.54, 1.807) is 0 Å². The molecule has 5 atom stereocenters. The van der Waals surface area contributed by atoms with Crippen LogP contribution in [-0.2, 0) is 14.3 Å². The molecular weight excluding hydrogens is 238 g/mol. The Balaban J connectivity index is 2.77. The number of ether oxygens (including phenoxy) is 2. The van der Waals surface area contributed by atoms with Crippen LogP contribution in [0.25, 0.3) is 0 Å². The fourth-order valence-electron chi connectivity index (χ4n) is 1.65. The van der Waals surface area contributed by atoms with E-state index in [4.69, 9.17) is 21.1 Å². The van der Waals surface area contributed by atoms with E-state index in [0.29, 0.717) is 0 Å². The number of nitrogens with one attached hydrogen (secondary N) is 1. The molecule has 3 N–H and O–H groups in total. The Labute approximate surface area is 98.5 Å². The van der Waals surface area contributed by atoms with E-state index in [9.17, 15) is 15.0 Å². The van der Waals surface area contributed by atoms with Gasteiger partial charge in [0.15, 0.2) is 6.29 Å². The summed E-state index contributed by atoms with van der Waals surface area (Å²) >= 11 is 5.58. The summed E-state index contributed by atoms with van der Waals surface area (Å²) in [6, 6.07) is -0.808. The highest BCUT2D eigenvalue weighted by Gasteiger charge is 2.44. The Morgan fingerprint density at radius 3 is 2.56 bits per heavy atom. The molecule has 0 unspecified atom stereocenters. The average Bonchev–Trinajstić information content (AvgIpc) is 2.25. The molecule has 1 aliphatic heterocycles. The van der Waals surface area contributed by atoms with Crippen molar-refractivity contribution >= 4 is 17.5 Å². The van der Waals surface area contributed by atoms with E-state index in [0.717, 1.165) is 0 Å². The number of methoxy groups -OCH3 is 1. The summed E-state index contributed by atoms with van der Waals surface area (Å²) in [6.07, 6.45) is -3.87. The van der Waals surface area contributed by atoms with Gasteiger partial charge in [-0.25, -0.2) is 0 Å². The van der Waals surface area contributed by atoms with Gasteiger partial charge < -0.3 is 25.0 Å². The largest absolute Gasteiger partial charge is 0.388 e. The maximum absolute atomic E-state index is 10.9. The summed E-state index contributed by atoms with van der Waals surface area (Å²) < 4.78 is 10.3. The van der Waals surface area contributed by atoms with E-state index in [2.05, 4.69) is 5.32 Å². The number of aliphatic hydroxyl groups excluding tert-OH is 2. The topological polar surface area (TPSA) is 88.0 Å². The third kappa shape index (κ3) is 2.83. The zero-order chi connectivity index (χ0) is 12.3. The first-order chi connectivity index (χ1) is 7.51. The van der Waals surface area contributed by atoms with Crippen LogP contribution in [0.3, 0.4) is 0 Å². The molecule has 1 heterocycles. The third-order valence-electron chi connectivity index (χ3n) is 2.46. The Bertz CT molecular complexity index is 250. The molecule has 0 radical (unpaired) electrons. The number of aliphatic hydroxyl groups is 2. The van der Waals surface area contributed by atoms with Gasteiger partial charge in [-0.1, -0.05) is 0 Å². The van der Waals surface area contributed by atoms with E-state index >= 15 is 0 Å². The minimum absolute atomic E-state index is 0.0326. The SMILES string of the molecule is CO[C@H]1O[C@H](CCl)[C@@H](O)[C@H](O)[C@H]1NC(C)=O. The Kier molecular flexibility index (Phi) is 4.94. The van der Waals surface area contributed by atoms with Crippen LogP contribution in [0.2, 0.25) is 0 Å². The van der Waals surface area contributed by atoms with Gasteiger partial charge in [0.2, 0.25) is 5.91 Å². The highest BCUT2D eigenvalue weighted by molar-refractivity contribution is 6.18. The number of amides is 1. The zero-order valence-electron chi connectivity index (χ0n) is 9.09. The monoisotopic (exact) mass is 253 g/mol. The van der Waals surface area contributed by atoms with Gasteiger partial charge in [0.05, 0.1) is 5.88 Å². The highest BCUT2D eigenvalue weighted by atomic mass is 35.5. The van der Waals surface area contributed by atoms with Crippen molar-refractivity contribution in [2.24, 2.45) is 0 Å². The summed E-state index contributed by atoms with van der Waals surface area (Å²) in [5.41, 5.74) is 0. The molecule has 0 bridgehead atoms. The lowest BCUT2D eigenvalue weighted by atomic mass is 9.97. The van der Waals surface area contributed by atoms with Crippen molar-refractivity contribution in [1.82, 2.24) is 5.32 Å². The van der Waals surface area contributed by atoms with Crippen molar-refractivity contribution in [3.05, 3.63) is 0 Å². The van der Waals surface area contributed by atoms with Crippen LogP contribution in [0.1, 0.15) is 6.92 Å². The fraction of sp³-hybridized carbons (Fsp3) is 0.889. The standard InChI is InChI=1S/C9H16ClNO5/c1-4(12)11-6-8(14)7(13)5(3-10)16-9(6)15-2/h5-9,13-14H,3H2,1-2H3,(H,11,12)/t5-,6-,7-,8-,9+/m1/s1. The molecular formula is C9H16ClNO5.